The summed E-state index contributed by atoms with van der Waals surface area (Å²) in [6.07, 6.45) is 13.0. The maximum Gasteiger partial charge on any atom is 0.241 e. The van der Waals surface area contributed by atoms with E-state index < -0.39 is 0 Å². The Balaban J connectivity index is 1.31. The van der Waals surface area contributed by atoms with Gasteiger partial charge in [0.1, 0.15) is 0 Å². The third-order valence-electron chi connectivity index (χ3n) is 8.51. The molecule has 0 amide bonds. The normalized spacial score (nSPS) is 14.5. The molecule has 42 heavy (non-hydrogen) atoms. The molecule has 4 nitrogen and oxygen atoms in total. The van der Waals surface area contributed by atoms with Crippen LogP contribution in [-0.2, 0) is 6.42 Å². The number of para-hydroxylation sites is 1. The van der Waals surface area contributed by atoms with E-state index in [0.29, 0.717) is 0 Å². The average molecular weight is 543 g/mol. The molecule has 8 rings (SSSR count). The Labute approximate surface area is 245 Å². The standard InChI is InChI=1S/C38H30N4/c1-3-11-27(12-4-1)29-19-21-31(22-20-29)37-39-40-38(41(37)32-25-23-30(24-26-32)28-13-5-2-6-14-28)42-35-17-9-7-15-33(35)34-16-8-10-18-36(34)42/h1-7,9-15,17-23,25H,8,16,24,26H2. The van der Waals surface area contributed by atoms with Crippen LogP contribution < -0.4 is 0 Å². The number of nitrogens with zero attached hydrogens (tertiary/aromatic N) is 4. The summed E-state index contributed by atoms with van der Waals surface area (Å²) in [5.74, 6) is 1.70. The van der Waals surface area contributed by atoms with E-state index in [1.807, 2.05) is 0 Å². The van der Waals surface area contributed by atoms with Crippen molar-refractivity contribution in [3.63, 3.8) is 0 Å². The first-order valence-electron chi connectivity index (χ1n) is 14.7. The Morgan fingerprint density at radius 1 is 0.548 bits per heavy atom. The molecule has 202 valence electrons. The second-order valence-electron chi connectivity index (χ2n) is 11.0. The van der Waals surface area contributed by atoms with Crippen molar-refractivity contribution in [2.45, 2.75) is 25.7 Å². The van der Waals surface area contributed by atoms with Crippen molar-refractivity contribution < 1.29 is 0 Å². The highest BCUT2D eigenvalue weighted by molar-refractivity contribution is 5.90. The first kappa shape index (κ1) is 24.6. The van der Waals surface area contributed by atoms with Crippen LogP contribution in [0.25, 0.3) is 56.7 Å². The lowest BCUT2D eigenvalue weighted by molar-refractivity contribution is 0.867. The quantitative estimate of drug-likeness (QED) is 0.218. The molecule has 0 saturated heterocycles. The molecular formula is C38H30N4. The van der Waals surface area contributed by atoms with Crippen LogP contribution in [0, 0.1) is 0 Å². The molecule has 0 radical (unpaired) electrons. The van der Waals surface area contributed by atoms with Gasteiger partial charge in [0.2, 0.25) is 5.95 Å². The molecule has 0 unspecified atom stereocenters. The van der Waals surface area contributed by atoms with Gasteiger partial charge in [-0.25, -0.2) is 0 Å². The number of aryl methyl sites for hydroxylation is 1. The molecule has 0 fully saturated rings. The summed E-state index contributed by atoms with van der Waals surface area (Å²) >= 11 is 0. The van der Waals surface area contributed by atoms with Gasteiger partial charge in [0, 0.05) is 16.6 Å². The van der Waals surface area contributed by atoms with Crippen LogP contribution in [0.15, 0.2) is 127 Å². The largest absolute Gasteiger partial charge is 0.278 e. The fourth-order valence-corrected chi connectivity index (χ4v) is 6.42. The van der Waals surface area contributed by atoms with Crippen LogP contribution in [-0.4, -0.2) is 19.3 Å². The highest BCUT2D eigenvalue weighted by Gasteiger charge is 2.25. The van der Waals surface area contributed by atoms with Gasteiger partial charge in [-0.2, -0.15) is 0 Å². The minimum absolute atomic E-state index is 0.837. The number of hydrogen-bond acceptors (Lipinski definition) is 2. The molecule has 2 aromatic heterocycles. The Morgan fingerprint density at radius 3 is 2.00 bits per heavy atom. The predicted octanol–water partition coefficient (Wildman–Crippen LogP) is 9.23. The van der Waals surface area contributed by atoms with Crippen molar-refractivity contribution in [2.24, 2.45) is 0 Å². The molecular weight excluding hydrogens is 512 g/mol. The molecule has 2 heterocycles. The van der Waals surface area contributed by atoms with Gasteiger partial charge >= 0.3 is 0 Å². The SMILES string of the molecule is C1=Cc2c(c3ccccc3n2-c2nnc(-c3ccc(-c4ccccc4)cc3)n2C2=CC=C(c3ccccc3)CC2)CC1. The highest BCUT2D eigenvalue weighted by Crippen LogP contribution is 2.38. The molecule has 2 aliphatic rings. The number of benzene rings is 4. The van der Waals surface area contributed by atoms with Gasteiger partial charge in [0.05, 0.1) is 11.2 Å². The molecule has 0 N–H and O–H groups in total. The Hall–Kier alpha value is -5.22. The van der Waals surface area contributed by atoms with Crippen LogP contribution in [0.3, 0.4) is 0 Å². The van der Waals surface area contributed by atoms with E-state index in [-0.39, 0.29) is 0 Å². The maximum atomic E-state index is 4.91. The zero-order valence-corrected chi connectivity index (χ0v) is 23.3. The third kappa shape index (κ3) is 4.15. The molecule has 0 bridgehead atoms. The summed E-state index contributed by atoms with van der Waals surface area (Å²) in [6.45, 7) is 0. The number of rotatable bonds is 5. The Morgan fingerprint density at radius 2 is 1.24 bits per heavy atom. The van der Waals surface area contributed by atoms with Gasteiger partial charge in [-0.3, -0.25) is 9.13 Å². The van der Waals surface area contributed by atoms with Gasteiger partial charge in [0.25, 0.3) is 0 Å². The van der Waals surface area contributed by atoms with E-state index in [1.165, 1.54) is 50.1 Å². The monoisotopic (exact) mass is 542 g/mol. The van der Waals surface area contributed by atoms with Crippen molar-refractivity contribution in [3.8, 4) is 28.5 Å². The lowest BCUT2D eigenvalue weighted by atomic mass is 9.95. The second-order valence-corrected chi connectivity index (χ2v) is 11.0. The Kier molecular flexibility index (Phi) is 6.03. The molecule has 0 aliphatic heterocycles. The van der Waals surface area contributed by atoms with Crippen LogP contribution in [0.2, 0.25) is 0 Å². The smallest absolute Gasteiger partial charge is 0.241 e. The fourth-order valence-electron chi connectivity index (χ4n) is 6.42. The summed E-state index contributed by atoms with van der Waals surface area (Å²) in [4.78, 5) is 0. The van der Waals surface area contributed by atoms with Gasteiger partial charge < -0.3 is 0 Å². The lowest BCUT2D eigenvalue weighted by Gasteiger charge is -2.20. The molecule has 0 saturated carbocycles. The minimum Gasteiger partial charge on any atom is -0.278 e. The first-order valence-corrected chi connectivity index (χ1v) is 14.7. The van der Waals surface area contributed by atoms with Crippen LogP contribution in [0.4, 0.5) is 0 Å². The number of hydrogen-bond donors (Lipinski definition) is 0. The van der Waals surface area contributed by atoms with E-state index >= 15 is 0 Å². The first-order chi connectivity index (χ1) is 20.8. The number of aromatic nitrogens is 4. The second kappa shape index (κ2) is 10.3. The van der Waals surface area contributed by atoms with Gasteiger partial charge in [-0.1, -0.05) is 115 Å². The fraction of sp³-hybridized carbons (Fsp3) is 0.105. The predicted molar refractivity (Wildman–Crippen MR) is 173 cm³/mol. The summed E-state index contributed by atoms with van der Waals surface area (Å²) in [6, 6.07) is 38.6. The number of allylic oxidation sites excluding steroid dienone is 5. The molecule has 0 spiro atoms. The van der Waals surface area contributed by atoms with E-state index in [0.717, 1.165) is 43.0 Å². The number of fused-ring (bicyclic) bond motifs is 3. The minimum atomic E-state index is 0.837. The molecule has 6 aromatic rings. The van der Waals surface area contributed by atoms with Crippen molar-refractivity contribution in [1.29, 1.82) is 0 Å². The maximum absolute atomic E-state index is 4.91. The zero-order chi connectivity index (χ0) is 27.9. The van der Waals surface area contributed by atoms with Gasteiger partial charge in [-0.05, 0) is 71.7 Å². The lowest BCUT2D eigenvalue weighted by Crippen LogP contribution is -2.11. The zero-order valence-electron chi connectivity index (χ0n) is 23.3. The summed E-state index contributed by atoms with van der Waals surface area (Å²) in [5.41, 5.74) is 11.0. The van der Waals surface area contributed by atoms with Gasteiger partial charge in [0.15, 0.2) is 5.82 Å². The van der Waals surface area contributed by atoms with Gasteiger partial charge in [-0.15, -0.1) is 10.2 Å². The van der Waals surface area contributed by atoms with E-state index in [4.69, 9.17) is 10.2 Å². The summed E-state index contributed by atoms with van der Waals surface area (Å²) in [7, 11) is 0. The van der Waals surface area contributed by atoms with E-state index in [1.54, 1.807) is 0 Å². The average Bonchev–Trinajstić information content (AvgIpc) is 3.65. The molecule has 4 aromatic carbocycles. The van der Waals surface area contributed by atoms with E-state index in [2.05, 4.69) is 143 Å². The van der Waals surface area contributed by atoms with E-state index in [9.17, 15) is 0 Å². The topological polar surface area (TPSA) is 35.6 Å². The van der Waals surface area contributed by atoms with Crippen molar-refractivity contribution in [2.75, 3.05) is 0 Å². The van der Waals surface area contributed by atoms with Crippen LogP contribution in [0.5, 0.6) is 0 Å². The van der Waals surface area contributed by atoms with Crippen molar-refractivity contribution >= 4 is 28.2 Å². The molecule has 0 atom stereocenters. The summed E-state index contributed by atoms with van der Waals surface area (Å²) in [5, 5.41) is 11.1. The third-order valence-corrected chi connectivity index (χ3v) is 8.51. The van der Waals surface area contributed by atoms with Crippen molar-refractivity contribution in [3.05, 3.63) is 144 Å². The Bertz CT molecular complexity index is 2000. The van der Waals surface area contributed by atoms with Crippen molar-refractivity contribution in [1.82, 2.24) is 19.3 Å². The molecule has 2 aliphatic carbocycles. The van der Waals surface area contributed by atoms with Crippen LogP contribution in [0.1, 0.15) is 36.1 Å². The van der Waals surface area contributed by atoms with Crippen LogP contribution >= 0.6 is 0 Å². The molecule has 4 heteroatoms. The highest BCUT2D eigenvalue weighted by atomic mass is 15.4. The summed E-state index contributed by atoms with van der Waals surface area (Å²) < 4.78 is 4.59.